The minimum Gasteiger partial charge on any atom is -0.384 e. The molecule has 2 N–H and O–H groups in total. The Morgan fingerprint density at radius 2 is 1.71 bits per heavy atom. The molecule has 3 rings (SSSR count). The Morgan fingerprint density at radius 3 is 2.43 bits per heavy atom. The van der Waals surface area contributed by atoms with Crippen molar-refractivity contribution < 1.29 is 0 Å². The fraction of sp³-hybridized carbons (Fsp3) is 0. The van der Waals surface area contributed by atoms with Crippen molar-refractivity contribution in [1.82, 2.24) is 9.97 Å². The second kappa shape index (κ2) is 5.84. The Balaban J connectivity index is 2.14. The van der Waals surface area contributed by atoms with Crippen molar-refractivity contribution in [3.05, 3.63) is 64.1 Å². The molecule has 1 aromatic heterocycles. The molecular weight excluding hydrogens is 350 g/mol. The van der Waals surface area contributed by atoms with Crippen molar-refractivity contribution in [2.24, 2.45) is 0 Å². The molecule has 0 spiro atoms. The molecule has 5 heteroatoms. The second-order valence-corrected chi connectivity index (χ2v) is 5.81. The van der Waals surface area contributed by atoms with E-state index in [9.17, 15) is 0 Å². The van der Waals surface area contributed by atoms with Gasteiger partial charge < -0.3 is 5.73 Å². The first-order chi connectivity index (χ1) is 10.1. The van der Waals surface area contributed by atoms with Gasteiger partial charge in [-0.25, -0.2) is 9.97 Å². The van der Waals surface area contributed by atoms with E-state index >= 15 is 0 Å². The molecular formula is C16H11BrClN3. The molecule has 0 atom stereocenters. The Kier molecular flexibility index (Phi) is 3.90. The monoisotopic (exact) mass is 359 g/mol. The number of hydrogen-bond acceptors (Lipinski definition) is 3. The van der Waals surface area contributed by atoms with Gasteiger partial charge in [-0.15, -0.1) is 0 Å². The Morgan fingerprint density at radius 1 is 0.952 bits per heavy atom. The van der Waals surface area contributed by atoms with Crippen molar-refractivity contribution in [1.29, 1.82) is 0 Å². The Labute approximate surface area is 135 Å². The Bertz CT molecular complexity index is 791. The molecule has 0 unspecified atom stereocenters. The molecule has 0 bridgehead atoms. The summed E-state index contributed by atoms with van der Waals surface area (Å²) in [6.45, 7) is 0. The smallest absolute Gasteiger partial charge is 0.163 e. The van der Waals surface area contributed by atoms with Crippen LogP contribution in [-0.4, -0.2) is 9.97 Å². The third kappa shape index (κ3) is 3.06. The average molecular weight is 361 g/mol. The fourth-order valence-corrected chi connectivity index (χ4v) is 2.77. The lowest BCUT2D eigenvalue weighted by atomic mass is 10.1. The van der Waals surface area contributed by atoms with Crippen molar-refractivity contribution in [2.45, 2.75) is 0 Å². The molecule has 2 aromatic carbocycles. The zero-order valence-electron chi connectivity index (χ0n) is 10.9. The minimum atomic E-state index is 0.415. The number of nitrogens with zero attached hydrogens (tertiary/aromatic N) is 2. The summed E-state index contributed by atoms with van der Waals surface area (Å²) in [7, 11) is 0. The zero-order valence-corrected chi connectivity index (χ0v) is 13.3. The van der Waals surface area contributed by atoms with Crippen LogP contribution in [0.3, 0.4) is 0 Å². The maximum atomic E-state index is 6.26. The van der Waals surface area contributed by atoms with E-state index in [1.807, 2.05) is 48.5 Å². The van der Waals surface area contributed by atoms with Crippen LogP contribution in [0.5, 0.6) is 0 Å². The first kappa shape index (κ1) is 14.0. The maximum absolute atomic E-state index is 6.26. The lowest BCUT2D eigenvalue weighted by molar-refractivity contribution is 1.19. The van der Waals surface area contributed by atoms with Crippen molar-refractivity contribution >= 4 is 33.3 Å². The molecule has 1 heterocycles. The molecule has 0 aliphatic heterocycles. The van der Waals surface area contributed by atoms with Gasteiger partial charge in [0.15, 0.2) is 5.82 Å². The van der Waals surface area contributed by atoms with Crippen LogP contribution in [0, 0.1) is 0 Å². The Hall–Kier alpha value is -1.91. The molecule has 0 saturated heterocycles. The quantitative estimate of drug-likeness (QED) is 0.713. The van der Waals surface area contributed by atoms with E-state index in [-0.39, 0.29) is 0 Å². The van der Waals surface area contributed by atoms with Gasteiger partial charge in [0, 0.05) is 21.7 Å². The first-order valence-electron chi connectivity index (χ1n) is 6.29. The predicted octanol–water partition coefficient (Wildman–Crippen LogP) is 4.81. The highest BCUT2D eigenvalue weighted by Gasteiger charge is 2.10. The molecule has 0 fully saturated rings. The van der Waals surface area contributed by atoms with E-state index in [1.165, 1.54) is 0 Å². The van der Waals surface area contributed by atoms with Crippen molar-refractivity contribution in [2.75, 3.05) is 5.73 Å². The second-order valence-electron chi connectivity index (χ2n) is 4.49. The number of nitrogens with two attached hydrogens (primary N) is 1. The number of benzene rings is 2. The molecule has 3 aromatic rings. The maximum Gasteiger partial charge on any atom is 0.163 e. The summed E-state index contributed by atoms with van der Waals surface area (Å²) in [5.74, 6) is 0.934. The molecule has 0 aliphatic rings. The van der Waals surface area contributed by atoms with Gasteiger partial charge in [-0.1, -0.05) is 57.9 Å². The van der Waals surface area contributed by atoms with Crippen LogP contribution >= 0.6 is 27.5 Å². The molecule has 21 heavy (non-hydrogen) atoms. The molecule has 104 valence electrons. The highest BCUT2D eigenvalue weighted by molar-refractivity contribution is 9.10. The van der Waals surface area contributed by atoms with Gasteiger partial charge in [0.05, 0.1) is 10.7 Å². The number of nitrogen functional groups attached to an aromatic ring is 1. The van der Waals surface area contributed by atoms with Crippen LogP contribution in [0.4, 0.5) is 5.82 Å². The van der Waals surface area contributed by atoms with E-state index in [1.54, 1.807) is 6.07 Å². The molecule has 0 saturated carbocycles. The van der Waals surface area contributed by atoms with E-state index < -0.39 is 0 Å². The SMILES string of the molecule is Nc1cc(-c2ccccc2)nc(-c2ccc(Br)cc2Cl)n1. The summed E-state index contributed by atoms with van der Waals surface area (Å²) in [4.78, 5) is 8.86. The van der Waals surface area contributed by atoms with Gasteiger partial charge >= 0.3 is 0 Å². The van der Waals surface area contributed by atoms with Crippen molar-refractivity contribution in [3.8, 4) is 22.6 Å². The summed E-state index contributed by atoms with van der Waals surface area (Å²) in [5, 5.41) is 0.578. The number of halogens is 2. The largest absolute Gasteiger partial charge is 0.384 e. The van der Waals surface area contributed by atoms with Crippen molar-refractivity contribution in [3.63, 3.8) is 0 Å². The number of aromatic nitrogens is 2. The molecule has 3 nitrogen and oxygen atoms in total. The number of hydrogen-bond donors (Lipinski definition) is 1. The van der Waals surface area contributed by atoms with Gasteiger partial charge in [0.2, 0.25) is 0 Å². The van der Waals surface area contributed by atoms with Crippen LogP contribution in [0.2, 0.25) is 5.02 Å². The molecule has 0 radical (unpaired) electrons. The van der Waals surface area contributed by atoms with Gasteiger partial charge in [-0.3, -0.25) is 0 Å². The van der Waals surface area contributed by atoms with Crippen LogP contribution in [0.15, 0.2) is 59.1 Å². The third-order valence-electron chi connectivity index (χ3n) is 2.99. The molecule has 0 amide bonds. The average Bonchev–Trinajstić information content (AvgIpc) is 2.47. The van der Waals surface area contributed by atoms with Gasteiger partial charge in [-0.2, -0.15) is 0 Å². The highest BCUT2D eigenvalue weighted by atomic mass is 79.9. The van der Waals surface area contributed by atoms with Crippen LogP contribution < -0.4 is 5.73 Å². The van der Waals surface area contributed by atoms with E-state index in [0.717, 1.165) is 21.3 Å². The minimum absolute atomic E-state index is 0.415. The van der Waals surface area contributed by atoms with Gasteiger partial charge in [0.1, 0.15) is 5.82 Å². The summed E-state index contributed by atoms with van der Waals surface area (Å²) < 4.78 is 0.906. The first-order valence-corrected chi connectivity index (χ1v) is 7.46. The third-order valence-corrected chi connectivity index (χ3v) is 3.79. The predicted molar refractivity (Wildman–Crippen MR) is 90.0 cm³/mol. The summed E-state index contributed by atoms with van der Waals surface area (Å²) >= 11 is 9.65. The standard InChI is InChI=1S/C16H11BrClN3/c17-11-6-7-12(13(18)8-11)16-20-14(9-15(19)21-16)10-4-2-1-3-5-10/h1-9H,(H2,19,20,21). The number of rotatable bonds is 2. The van der Waals surface area contributed by atoms with Crippen LogP contribution in [0.1, 0.15) is 0 Å². The number of anilines is 1. The van der Waals surface area contributed by atoms with Crippen LogP contribution in [-0.2, 0) is 0 Å². The lowest BCUT2D eigenvalue weighted by Crippen LogP contribution is -1.98. The zero-order chi connectivity index (χ0) is 14.8. The van der Waals surface area contributed by atoms with Gasteiger partial charge in [-0.05, 0) is 18.2 Å². The summed E-state index contributed by atoms with van der Waals surface area (Å²) in [6.07, 6.45) is 0. The van der Waals surface area contributed by atoms with E-state index in [4.69, 9.17) is 17.3 Å². The van der Waals surface area contributed by atoms with Crippen LogP contribution in [0.25, 0.3) is 22.6 Å². The lowest BCUT2D eigenvalue weighted by Gasteiger charge is -2.08. The van der Waals surface area contributed by atoms with Gasteiger partial charge in [0.25, 0.3) is 0 Å². The fourth-order valence-electron chi connectivity index (χ4n) is 2.01. The topological polar surface area (TPSA) is 51.8 Å². The highest BCUT2D eigenvalue weighted by Crippen LogP contribution is 2.30. The van der Waals surface area contributed by atoms with E-state index in [2.05, 4.69) is 25.9 Å². The summed E-state index contributed by atoms with van der Waals surface area (Å²) in [5.41, 5.74) is 8.43. The summed E-state index contributed by atoms with van der Waals surface area (Å²) in [6, 6.07) is 17.2. The van der Waals surface area contributed by atoms with E-state index in [0.29, 0.717) is 16.7 Å². The normalized spacial score (nSPS) is 10.6. The molecule has 0 aliphatic carbocycles.